The van der Waals surface area contributed by atoms with Gasteiger partial charge in [0.15, 0.2) is 5.65 Å². The number of nitrogens with zero attached hydrogens (tertiary/aromatic N) is 4. The van der Waals surface area contributed by atoms with Crippen molar-refractivity contribution in [2.24, 2.45) is 11.3 Å². The van der Waals surface area contributed by atoms with Crippen LogP contribution in [-0.4, -0.2) is 62.9 Å². The molecule has 2 aliphatic heterocycles. The van der Waals surface area contributed by atoms with Gasteiger partial charge in [0.2, 0.25) is 11.8 Å². The molecule has 3 amide bonds. The second kappa shape index (κ2) is 6.88. The monoisotopic (exact) mass is 384 g/mol. The molecule has 148 valence electrons. The number of fused-ring (bicyclic) bond motifs is 1. The summed E-state index contributed by atoms with van der Waals surface area (Å²) in [4.78, 5) is 42.9. The summed E-state index contributed by atoms with van der Waals surface area (Å²) in [5.41, 5.74) is 0.937. The van der Waals surface area contributed by atoms with Crippen LogP contribution in [0.15, 0.2) is 24.5 Å². The second-order valence-corrected chi connectivity index (χ2v) is 8.35. The number of hydrogen-bond donors (Lipinski definition) is 2. The minimum Gasteiger partial charge on any atom is -0.355 e. The molecule has 2 N–H and O–H groups in total. The van der Waals surface area contributed by atoms with Crippen molar-refractivity contribution in [3.05, 3.63) is 30.2 Å². The highest BCUT2D eigenvalue weighted by Crippen LogP contribution is 2.35. The van der Waals surface area contributed by atoms with Crippen LogP contribution in [0.5, 0.6) is 0 Å². The van der Waals surface area contributed by atoms with Gasteiger partial charge in [-0.15, -0.1) is 0 Å². The Morgan fingerprint density at radius 3 is 2.93 bits per heavy atom. The van der Waals surface area contributed by atoms with Gasteiger partial charge in [0.05, 0.1) is 5.92 Å². The first-order valence-corrected chi connectivity index (χ1v) is 9.48. The Morgan fingerprint density at radius 1 is 1.36 bits per heavy atom. The average molecular weight is 384 g/mol. The lowest BCUT2D eigenvalue weighted by molar-refractivity contribution is -0.136. The van der Waals surface area contributed by atoms with Crippen LogP contribution in [0.25, 0.3) is 5.65 Å². The molecule has 0 spiro atoms. The van der Waals surface area contributed by atoms with Crippen LogP contribution in [0.2, 0.25) is 0 Å². The maximum atomic E-state index is 12.9. The zero-order valence-electron chi connectivity index (χ0n) is 16.0. The number of nitrogens with one attached hydrogen (secondary N) is 2. The minimum absolute atomic E-state index is 0.0128. The van der Waals surface area contributed by atoms with Crippen LogP contribution < -0.4 is 10.6 Å². The summed E-state index contributed by atoms with van der Waals surface area (Å²) in [7, 11) is 0. The lowest BCUT2D eigenvalue weighted by Crippen LogP contribution is -2.46. The lowest BCUT2D eigenvalue weighted by Gasteiger charge is -2.27. The van der Waals surface area contributed by atoms with Gasteiger partial charge in [-0.25, -0.2) is 9.50 Å². The van der Waals surface area contributed by atoms with E-state index in [2.05, 4.69) is 34.6 Å². The summed E-state index contributed by atoms with van der Waals surface area (Å²) in [6.07, 6.45) is 4.34. The molecule has 0 radical (unpaired) electrons. The average Bonchev–Trinajstić information content (AvgIpc) is 3.36. The van der Waals surface area contributed by atoms with E-state index >= 15 is 0 Å². The zero-order chi connectivity index (χ0) is 19.9. The molecule has 2 aliphatic rings. The van der Waals surface area contributed by atoms with Crippen molar-refractivity contribution in [1.29, 1.82) is 0 Å². The lowest BCUT2D eigenvalue weighted by atomic mass is 9.91. The number of amides is 3. The number of rotatable bonds is 4. The fraction of sp³-hybridized carbons (Fsp3) is 0.526. The smallest absolute Gasteiger partial charge is 0.271 e. The molecule has 0 aliphatic carbocycles. The molecule has 0 aromatic carbocycles. The predicted octanol–water partition coefficient (Wildman–Crippen LogP) is 0.222. The number of likely N-dealkylation sites (tertiary alicyclic amines) is 1. The highest BCUT2D eigenvalue weighted by molar-refractivity contribution is 5.92. The van der Waals surface area contributed by atoms with Gasteiger partial charge in [0.25, 0.3) is 5.91 Å². The quantitative estimate of drug-likeness (QED) is 0.784. The third-order valence-corrected chi connectivity index (χ3v) is 5.42. The van der Waals surface area contributed by atoms with Gasteiger partial charge in [0.1, 0.15) is 5.69 Å². The van der Waals surface area contributed by atoms with E-state index in [1.54, 1.807) is 29.0 Å². The van der Waals surface area contributed by atoms with Crippen molar-refractivity contribution < 1.29 is 14.4 Å². The fourth-order valence-electron chi connectivity index (χ4n) is 4.09. The summed E-state index contributed by atoms with van der Waals surface area (Å²) < 4.78 is 1.55. The Kier molecular flexibility index (Phi) is 4.52. The van der Waals surface area contributed by atoms with E-state index in [9.17, 15) is 14.4 Å². The van der Waals surface area contributed by atoms with Crippen molar-refractivity contribution in [2.45, 2.75) is 32.7 Å². The minimum atomic E-state index is -0.315. The molecular formula is C19H24N6O3. The number of aromatic nitrogens is 3. The first-order chi connectivity index (χ1) is 13.3. The molecule has 0 unspecified atom stereocenters. The molecule has 4 heterocycles. The summed E-state index contributed by atoms with van der Waals surface area (Å²) in [5.74, 6) is -0.695. The number of carbonyl (C=O) groups is 3. The zero-order valence-corrected chi connectivity index (χ0v) is 16.0. The van der Waals surface area contributed by atoms with Gasteiger partial charge < -0.3 is 15.5 Å². The SMILES string of the molecule is CC1(C)C[C@@H](CNC(=O)c2ccc3nccn3n2)N(C(=O)[C@@H]2CNC(=O)C2)C1. The third kappa shape index (κ3) is 3.56. The Bertz CT molecular complexity index is 937. The molecule has 0 saturated carbocycles. The largest absolute Gasteiger partial charge is 0.355 e. The van der Waals surface area contributed by atoms with Crippen molar-refractivity contribution in [3.8, 4) is 0 Å². The topological polar surface area (TPSA) is 109 Å². The molecule has 2 aromatic heterocycles. The summed E-state index contributed by atoms with van der Waals surface area (Å²) in [6.45, 7) is 5.59. The van der Waals surface area contributed by atoms with Crippen LogP contribution in [0.1, 0.15) is 37.2 Å². The molecule has 28 heavy (non-hydrogen) atoms. The van der Waals surface area contributed by atoms with Crippen LogP contribution >= 0.6 is 0 Å². The van der Waals surface area contributed by atoms with E-state index in [-0.39, 0.29) is 41.5 Å². The Hall–Kier alpha value is -2.97. The number of hydrogen-bond acceptors (Lipinski definition) is 5. The Morgan fingerprint density at radius 2 is 2.18 bits per heavy atom. The molecule has 9 nitrogen and oxygen atoms in total. The fourth-order valence-corrected chi connectivity index (χ4v) is 4.09. The molecular weight excluding hydrogens is 360 g/mol. The molecule has 9 heteroatoms. The maximum absolute atomic E-state index is 12.9. The van der Waals surface area contributed by atoms with E-state index in [1.807, 2.05) is 4.90 Å². The van der Waals surface area contributed by atoms with Crippen molar-refractivity contribution in [3.63, 3.8) is 0 Å². The van der Waals surface area contributed by atoms with Crippen LogP contribution in [-0.2, 0) is 9.59 Å². The van der Waals surface area contributed by atoms with Gasteiger partial charge in [-0.1, -0.05) is 13.8 Å². The first kappa shape index (κ1) is 18.4. The summed E-state index contributed by atoms with van der Waals surface area (Å²) in [5, 5.41) is 9.88. The summed E-state index contributed by atoms with van der Waals surface area (Å²) >= 11 is 0. The van der Waals surface area contributed by atoms with Gasteiger partial charge >= 0.3 is 0 Å². The predicted molar refractivity (Wildman–Crippen MR) is 100 cm³/mol. The van der Waals surface area contributed by atoms with Crippen LogP contribution in [0.3, 0.4) is 0 Å². The number of carbonyl (C=O) groups excluding carboxylic acids is 3. The normalized spacial score (nSPS) is 23.8. The summed E-state index contributed by atoms with van der Waals surface area (Å²) in [6, 6.07) is 3.27. The van der Waals surface area contributed by atoms with E-state index in [0.29, 0.717) is 31.0 Å². The van der Waals surface area contributed by atoms with Gasteiger partial charge in [-0.2, -0.15) is 5.10 Å². The van der Waals surface area contributed by atoms with Crippen LogP contribution in [0.4, 0.5) is 0 Å². The molecule has 2 aromatic rings. The Balaban J connectivity index is 1.43. The Labute approximate surface area is 162 Å². The third-order valence-electron chi connectivity index (χ3n) is 5.42. The first-order valence-electron chi connectivity index (χ1n) is 9.48. The van der Waals surface area contributed by atoms with E-state index in [4.69, 9.17) is 0 Å². The molecule has 2 atom stereocenters. The maximum Gasteiger partial charge on any atom is 0.271 e. The molecule has 2 saturated heterocycles. The van der Waals surface area contributed by atoms with Crippen LogP contribution in [0, 0.1) is 11.3 Å². The van der Waals surface area contributed by atoms with Crippen molar-refractivity contribution >= 4 is 23.4 Å². The molecule has 2 fully saturated rings. The van der Waals surface area contributed by atoms with Crippen molar-refractivity contribution in [2.75, 3.05) is 19.6 Å². The van der Waals surface area contributed by atoms with E-state index in [0.717, 1.165) is 6.42 Å². The van der Waals surface area contributed by atoms with E-state index < -0.39 is 0 Å². The van der Waals surface area contributed by atoms with Gasteiger partial charge in [-0.05, 0) is 24.0 Å². The number of imidazole rings is 1. The molecule has 4 rings (SSSR count). The van der Waals surface area contributed by atoms with Gasteiger partial charge in [0, 0.05) is 44.5 Å². The van der Waals surface area contributed by atoms with Gasteiger partial charge in [-0.3, -0.25) is 14.4 Å². The highest BCUT2D eigenvalue weighted by atomic mass is 16.2. The second-order valence-electron chi connectivity index (χ2n) is 8.35. The highest BCUT2D eigenvalue weighted by Gasteiger charge is 2.43. The standard InChI is InChI=1S/C19H24N6O3/c1-19(2)8-13(24(11-19)18(28)12-7-16(26)21-9-12)10-22-17(27)14-3-4-15-20-5-6-25(15)23-14/h3-6,12-13H,7-11H2,1-2H3,(H,21,26)(H,22,27)/t12-,13-/m0/s1. The van der Waals surface area contributed by atoms with Crippen molar-refractivity contribution in [1.82, 2.24) is 30.1 Å². The molecule has 0 bridgehead atoms. The van der Waals surface area contributed by atoms with E-state index in [1.165, 1.54) is 0 Å².